The van der Waals surface area contributed by atoms with Crippen molar-refractivity contribution < 1.29 is 1.37 Å². The van der Waals surface area contributed by atoms with Gasteiger partial charge >= 0.3 is 0 Å². The van der Waals surface area contributed by atoms with Crippen LogP contribution in [0.5, 0.6) is 0 Å². The highest BCUT2D eigenvalue weighted by Gasteiger charge is 2.43. The van der Waals surface area contributed by atoms with Gasteiger partial charge in [0.1, 0.15) is 0 Å². The quantitative estimate of drug-likeness (QED) is 0.573. The molecule has 3 aromatic rings. The Hall–Kier alpha value is -1.99. The van der Waals surface area contributed by atoms with Crippen molar-refractivity contribution >= 4 is 11.8 Å². The minimum atomic E-state index is -0.106. The molecule has 0 radical (unpaired) electrons. The molecule has 0 aromatic heterocycles. The first kappa shape index (κ1) is 12.4. The van der Waals surface area contributed by atoms with E-state index in [1.807, 2.05) is 11.8 Å². The molecule has 0 saturated carbocycles. The van der Waals surface area contributed by atoms with Crippen LogP contribution in [0.4, 0.5) is 0 Å². The summed E-state index contributed by atoms with van der Waals surface area (Å²) in [5.41, 5.74) is 5.59. The van der Waals surface area contributed by atoms with Gasteiger partial charge in [-0.15, -0.1) is 11.8 Å². The highest BCUT2D eigenvalue weighted by Crippen LogP contribution is 2.56. The maximum Gasteiger partial charge on any atom is 0.0288 e. The van der Waals surface area contributed by atoms with Gasteiger partial charge in [-0.3, -0.25) is 0 Å². The average Bonchev–Trinajstić information content (AvgIpc) is 2.64. The predicted molar refractivity (Wildman–Crippen MR) is 97.3 cm³/mol. The number of hydrogen-bond acceptors (Lipinski definition) is 1. The van der Waals surface area contributed by atoms with Crippen molar-refractivity contribution in [3.05, 3.63) is 101 Å². The molecule has 3 aromatic carbocycles. The second-order valence-electron chi connectivity index (χ2n) is 6.30. The second-order valence-corrected chi connectivity index (χ2v) is 7.55. The van der Waals surface area contributed by atoms with Crippen molar-refractivity contribution in [1.82, 2.24) is 0 Å². The second kappa shape index (κ2) is 5.28. The van der Waals surface area contributed by atoms with Crippen molar-refractivity contribution in [3.63, 3.8) is 0 Å². The van der Waals surface area contributed by atoms with Crippen LogP contribution in [0.3, 0.4) is 0 Å². The van der Waals surface area contributed by atoms with Crippen molar-refractivity contribution in [2.24, 2.45) is 0 Å². The average molecular weight is 315 g/mol. The largest absolute Gasteiger partial charge is 0.122 e. The zero-order chi connectivity index (χ0) is 16.1. The van der Waals surface area contributed by atoms with Crippen LogP contribution in [0, 0.1) is 0 Å². The minimum Gasteiger partial charge on any atom is -0.122 e. The third kappa shape index (κ3) is 2.07. The molecule has 23 heavy (non-hydrogen) atoms. The summed E-state index contributed by atoms with van der Waals surface area (Å²) < 4.78 is 9.01. The van der Waals surface area contributed by atoms with Gasteiger partial charge in [0.15, 0.2) is 0 Å². The molecule has 112 valence electrons. The molecule has 0 nitrogen and oxygen atoms in total. The Morgan fingerprint density at radius 2 is 1.22 bits per heavy atom. The first-order valence-corrected chi connectivity index (χ1v) is 9.04. The van der Waals surface area contributed by atoms with E-state index in [9.17, 15) is 0 Å². The normalized spacial score (nSPS) is 27.9. The summed E-state index contributed by atoms with van der Waals surface area (Å²) >= 11 is 1.88. The summed E-state index contributed by atoms with van der Waals surface area (Å²) in [7, 11) is 0. The zero-order valence-electron chi connectivity index (χ0n) is 13.7. The fourth-order valence-electron chi connectivity index (χ4n) is 4.12. The van der Waals surface area contributed by atoms with Crippen molar-refractivity contribution in [2.75, 3.05) is 0 Å². The molecule has 3 aliphatic rings. The van der Waals surface area contributed by atoms with Gasteiger partial charge < -0.3 is 0 Å². The van der Waals surface area contributed by atoms with Crippen LogP contribution in [0.25, 0.3) is 0 Å². The van der Waals surface area contributed by atoms with Crippen LogP contribution in [0.15, 0.2) is 83.8 Å². The first-order chi connectivity index (χ1) is 11.8. The summed E-state index contributed by atoms with van der Waals surface area (Å²) in [6, 6.07) is 28.1. The zero-order valence-corrected chi connectivity index (χ0v) is 13.5. The Balaban J connectivity index is 1.67. The standard InChI is InChI=1S/C22H18S/c1-2-8-15(9-3-1)23-21-14-20-16-10-4-6-12-18(16)22(21)19-13-7-5-11-17(19)20/h1-13,20-22H,14H2/i14D. The van der Waals surface area contributed by atoms with Crippen LogP contribution >= 0.6 is 11.8 Å². The lowest BCUT2D eigenvalue weighted by atomic mass is 9.63. The van der Waals surface area contributed by atoms with Gasteiger partial charge in [0.2, 0.25) is 0 Å². The lowest BCUT2D eigenvalue weighted by molar-refractivity contribution is 0.533. The van der Waals surface area contributed by atoms with Crippen LogP contribution in [-0.4, -0.2) is 5.25 Å². The van der Waals surface area contributed by atoms with Gasteiger partial charge in [0.25, 0.3) is 0 Å². The molecule has 2 bridgehead atoms. The van der Waals surface area contributed by atoms with Gasteiger partial charge in [0, 0.05) is 23.4 Å². The monoisotopic (exact) mass is 315 g/mol. The molecule has 1 heteroatoms. The molecular formula is C22H18S. The molecule has 3 aliphatic carbocycles. The summed E-state index contributed by atoms with van der Waals surface area (Å²) in [6.45, 7) is 0. The summed E-state index contributed by atoms with van der Waals surface area (Å²) in [4.78, 5) is 1.27. The van der Waals surface area contributed by atoms with E-state index < -0.39 is 0 Å². The highest BCUT2D eigenvalue weighted by atomic mass is 32.2. The van der Waals surface area contributed by atoms with Gasteiger partial charge in [-0.1, -0.05) is 66.7 Å². The molecule has 0 amide bonds. The van der Waals surface area contributed by atoms with E-state index in [-0.39, 0.29) is 17.6 Å². The van der Waals surface area contributed by atoms with Crippen LogP contribution in [-0.2, 0) is 0 Å². The Labute approximate surface area is 143 Å². The molecule has 2 atom stereocenters. The van der Waals surface area contributed by atoms with Crippen molar-refractivity contribution in [2.45, 2.75) is 28.4 Å². The maximum atomic E-state index is 9.01. The van der Waals surface area contributed by atoms with E-state index in [0.717, 1.165) is 0 Å². The first-order valence-electron chi connectivity index (χ1n) is 8.74. The molecule has 0 aliphatic heterocycles. The van der Waals surface area contributed by atoms with Gasteiger partial charge in [0.05, 0.1) is 0 Å². The third-order valence-electron chi connectivity index (χ3n) is 5.06. The Morgan fingerprint density at radius 3 is 1.83 bits per heavy atom. The fraction of sp³-hybridized carbons (Fsp3) is 0.182. The molecule has 0 spiro atoms. The predicted octanol–water partition coefficient (Wildman–Crippen LogP) is 5.83. The lowest BCUT2D eigenvalue weighted by Gasteiger charge is -2.45. The molecule has 6 rings (SSSR count). The van der Waals surface area contributed by atoms with E-state index in [4.69, 9.17) is 1.37 Å². The summed E-state index contributed by atoms with van der Waals surface area (Å²) in [5.74, 6) is 0.513. The SMILES string of the molecule is [2H]C1C2c3ccccc3C(c3ccccc32)C1Sc1ccccc1. The Kier molecular flexibility index (Phi) is 2.85. The maximum absolute atomic E-state index is 9.01. The molecule has 0 heterocycles. The van der Waals surface area contributed by atoms with E-state index >= 15 is 0 Å². The van der Waals surface area contributed by atoms with Crippen LogP contribution in [0.1, 0.15) is 41.9 Å². The lowest BCUT2D eigenvalue weighted by Crippen LogP contribution is -2.33. The molecule has 2 unspecified atom stereocenters. The highest BCUT2D eigenvalue weighted by molar-refractivity contribution is 8.00. The van der Waals surface area contributed by atoms with E-state index in [2.05, 4.69) is 78.9 Å². The number of benzene rings is 3. The Bertz CT molecular complexity index is 842. The molecular weight excluding hydrogens is 296 g/mol. The smallest absolute Gasteiger partial charge is 0.0288 e. The van der Waals surface area contributed by atoms with Crippen LogP contribution in [0.2, 0.25) is 0 Å². The van der Waals surface area contributed by atoms with Crippen molar-refractivity contribution in [3.8, 4) is 0 Å². The minimum absolute atomic E-state index is 0.106. The van der Waals surface area contributed by atoms with Crippen LogP contribution < -0.4 is 0 Å². The number of fused-ring (bicyclic) bond motifs is 1. The van der Waals surface area contributed by atoms with E-state index in [1.165, 1.54) is 27.1 Å². The molecule has 0 fully saturated rings. The van der Waals surface area contributed by atoms with E-state index in [0.29, 0.717) is 5.92 Å². The van der Waals surface area contributed by atoms with E-state index in [1.54, 1.807) is 0 Å². The number of rotatable bonds is 2. The summed E-state index contributed by atoms with van der Waals surface area (Å²) in [6.07, 6.45) is -0.106. The fourth-order valence-corrected chi connectivity index (χ4v) is 5.41. The molecule has 0 saturated heterocycles. The number of thioether (sulfide) groups is 1. The topological polar surface area (TPSA) is 0 Å². The van der Waals surface area contributed by atoms with Gasteiger partial charge in [-0.05, 0) is 40.8 Å². The van der Waals surface area contributed by atoms with Crippen molar-refractivity contribution in [1.29, 1.82) is 0 Å². The third-order valence-corrected chi connectivity index (χ3v) is 6.30. The Morgan fingerprint density at radius 1 is 0.696 bits per heavy atom. The number of hydrogen-bond donors (Lipinski definition) is 0. The van der Waals surface area contributed by atoms with Gasteiger partial charge in [-0.2, -0.15) is 0 Å². The molecule has 0 N–H and O–H groups in total. The summed E-state index contributed by atoms with van der Waals surface area (Å²) in [5, 5.41) is 0.266. The van der Waals surface area contributed by atoms with Gasteiger partial charge in [-0.25, -0.2) is 0 Å².